The SMILES string of the molecule is Cc1ccccc1C(=O)Nc1cnn([C@@H]2CCOC2)c1. The zero-order valence-electron chi connectivity index (χ0n) is 11.4. The van der Waals surface area contributed by atoms with E-state index in [1.54, 1.807) is 6.20 Å². The standard InChI is InChI=1S/C15H17N3O2/c1-11-4-2-3-5-14(11)15(19)17-12-8-16-18(9-12)13-6-7-20-10-13/h2-5,8-9,13H,6-7,10H2,1H3,(H,17,19)/t13-/m1/s1. The summed E-state index contributed by atoms with van der Waals surface area (Å²) in [5.41, 5.74) is 2.36. The maximum atomic E-state index is 12.2. The number of rotatable bonds is 3. The number of carbonyl (C=O) groups is 1. The monoisotopic (exact) mass is 271 g/mol. The van der Waals surface area contributed by atoms with Gasteiger partial charge >= 0.3 is 0 Å². The van der Waals surface area contributed by atoms with Crippen LogP contribution in [0.15, 0.2) is 36.7 Å². The number of hydrogen-bond acceptors (Lipinski definition) is 3. The molecule has 1 aromatic carbocycles. The molecule has 0 aliphatic carbocycles. The van der Waals surface area contributed by atoms with E-state index in [2.05, 4.69) is 10.4 Å². The lowest BCUT2D eigenvalue weighted by atomic mass is 10.1. The number of amides is 1. The van der Waals surface area contributed by atoms with Crippen LogP contribution in [0, 0.1) is 6.92 Å². The van der Waals surface area contributed by atoms with E-state index >= 15 is 0 Å². The van der Waals surface area contributed by atoms with E-state index in [9.17, 15) is 4.79 Å². The van der Waals surface area contributed by atoms with Crippen LogP contribution in [0.1, 0.15) is 28.4 Å². The van der Waals surface area contributed by atoms with Crippen LogP contribution < -0.4 is 5.32 Å². The number of anilines is 1. The smallest absolute Gasteiger partial charge is 0.256 e. The van der Waals surface area contributed by atoms with Gasteiger partial charge in [-0.15, -0.1) is 0 Å². The average molecular weight is 271 g/mol. The van der Waals surface area contributed by atoms with Gasteiger partial charge in [-0.05, 0) is 25.0 Å². The topological polar surface area (TPSA) is 56.2 Å². The Bertz CT molecular complexity index is 615. The van der Waals surface area contributed by atoms with Gasteiger partial charge in [0.2, 0.25) is 0 Å². The van der Waals surface area contributed by atoms with E-state index < -0.39 is 0 Å². The Morgan fingerprint density at radius 3 is 3.05 bits per heavy atom. The number of nitrogens with one attached hydrogen (secondary N) is 1. The first-order valence-electron chi connectivity index (χ1n) is 6.73. The predicted octanol–water partition coefficient (Wildman–Crippen LogP) is 2.41. The summed E-state index contributed by atoms with van der Waals surface area (Å²) < 4.78 is 7.20. The van der Waals surface area contributed by atoms with Crippen LogP contribution in [0.2, 0.25) is 0 Å². The van der Waals surface area contributed by atoms with Crippen molar-refractivity contribution >= 4 is 11.6 Å². The van der Waals surface area contributed by atoms with Gasteiger partial charge in [-0.1, -0.05) is 18.2 Å². The van der Waals surface area contributed by atoms with Gasteiger partial charge in [0, 0.05) is 18.4 Å². The maximum absolute atomic E-state index is 12.2. The normalized spacial score (nSPS) is 18.1. The van der Waals surface area contributed by atoms with Crippen LogP contribution in [0.4, 0.5) is 5.69 Å². The van der Waals surface area contributed by atoms with E-state index in [1.165, 1.54) is 0 Å². The number of carbonyl (C=O) groups excluding carboxylic acids is 1. The maximum Gasteiger partial charge on any atom is 0.256 e. The summed E-state index contributed by atoms with van der Waals surface area (Å²) >= 11 is 0. The molecule has 2 heterocycles. The summed E-state index contributed by atoms with van der Waals surface area (Å²) in [4.78, 5) is 12.2. The van der Waals surface area contributed by atoms with Crippen molar-refractivity contribution in [1.82, 2.24) is 9.78 Å². The van der Waals surface area contributed by atoms with Crippen LogP contribution in [-0.4, -0.2) is 28.9 Å². The molecule has 0 saturated carbocycles. The fraction of sp³-hybridized carbons (Fsp3) is 0.333. The third-order valence-electron chi connectivity index (χ3n) is 3.53. The summed E-state index contributed by atoms with van der Waals surface area (Å²) in [6, 6.07) is 7.80. The second-order valence-corrected chi connectivity index (χ2v) is 5.00. The molecule has 1 aromatic heterocycles. The molecule has 1 amide bonds. The molecule has 20 heavy (non-hydrogen) atoms. The summed E-state index contributed by atoms with van der Waals surface area (Å²) in [7, 11) is 0. The minimum absolute atomic E-state index is 0.106. The lowest BCUT2D eigenvalue weighted by Gasteiger charge is -2.07. The molecule has 1 aliphatic rings. The molecular formula is C15H17N3O2. The third kappa shape index (κ3) is 2.58. The molecule has 1 fully saturated rings. The second-order valence-electron chi connectivity index (χ2n) is 5.00. The Balaban J connectivity index is 1.72. The lowest BCUT2D eigenvalue weighted by Crippen LogP contribution is -2.13. The van der Waals surface area contributed by atoms with Gasteiger partial charge in [0.25, 0.3) is 5.91 Å². The molecule has 1 aliphatic heterocycles. The number of aromatic nitrogens is 2. The fourth-order valence-corrected chi connectivity index (χ4v) is 2.36. The molecule has 0 unspecified atom stereocenters. The molecule has 104 valence electrons. The van der Waals surface area contributed by atoms with Gasteiger partial charge in [-0.25, -0.2) is 0 Å². The summed E-state index contributed by atoms with van der Waals surface area (Å²) in [5.74, 6) is -0.106. The van der Waals surface area contributed by atoms with E-state index in [4.69, 9.17) is 4.74 Å². The molecule has 1 saturated heterocycles. The van der Waals surface area contributed by atoms with E-state index in [-0.39, 0.29) is 11.9 Å². The highest BCUT2D eigenvalue weighted by atomic mass is 16.5. The van der Waals surface area contributed by atoms with Gasteiger partial charge in [0.1, 0.15) is 0 Å². The third-order valence-corrected chi connectivity index (χ3v) is 3.53. The highest BCUT2D eigenvalue weighted by Crippen LogP contribution is 2.20. The van der Waals surface area contributed by atoms with Gasteiger partial charge in [-0.3, -0.25) is 9.48 Å². The average Bonchev–Trinajstić information content (AvgIpc) is 3.09. The zero-order valence-corrected chi connectivity index (χ0v) is 11.4. The van der Waals surface area contributed by atoms with Crippen LogP contribution in [0.3, 0.4) is 0 Å². The molecule has 2 aromatic rings. The van der Waals surface area contributed by atoms with Crippen LogP contribution >= 0.6 is 0 Å². The lowest BCUT2D eigenvalue weighted by molar-refractivity contribution is 0.102. The molecule has 0 radical (unpaired) electrons. The summed E-state index contributed by atoms with van der Waals surface area (Å²) in [6.45, 7) is 3.39. The van der Waals surface area contributed by atoms with Crippen molar-refractivity contribution in [3.8, 4) is 0 Å². The number of nitrogens with zero attached hydrogens (tertiary/aromatic N) is 2. The Hall–Kier alpha value is -2.14. The first-order valence-corrected chi connectivity index (χ1v) is 6.73. The van der Waals surface area contributed by atoms with Crippen molar-refractivity contribution in [3.63, 3.8) is 0 Å². The van der Waals surface area contributed by atoms with Crippen molar-refractivity contribution < 1.29 is 9.53 Å². The minimum atomic E-state index is -0.106. The van der Waals surface area contributed by atoms with Gasteiger partial charge in [0.05, 0.1) is 24.5 Å². The Morgan fingerprint density at radius 1 is 1.45 bits per heavy atom. The molecule has 1 N–H and O–H groups in total. The zero-order chi connectivity index (χ0) is 13.9. The van der Waals surface area contributed by atoms with Crippen LogP contribution in [0.25, 0.3) is 0 Å². The van der Waals surface area contributed by atoms with Crippen molar-refractivity contribution in [2.75, 3.05) is 18.5 Å². The first kappa shape index (κ1) is 12.9. The van der Waals surface area contributed by atoms with E-state index in [0.717, 1.165) is 18.6 Å². The van der Waals surface area contributed by atoms with Crippen molar-refractivity contribution in [1.29, 1.82) is 0 Å². The molecule has 5 nitrogen and oxygen atoms in total. The largest absolute Gasteiger partial charge is 0.379 e. The molecule has 0 bridgehead atoms. The Kier molecular flexibility index (Phi) is 3.52. The first-order chi connectivity index (χ1) is 9.74. The fourth-order valence-electron chi connectivity index (χ4n) is 2.36. The van der Waals surface area contributed by atoms with E-state index in [0.29, 0.717) is 17.9 Å². The number of benzene rings is 1. The molecule has 5 heteroatoms. The molecule has 1 atom stereocenters. The van der Waals surface area contributed by atoms with E-state index in [1.807, 2.05) is 42.1 Å². The van der Waals surface area contributed by atoms with Crippen LogP contribution in [-0.2, 0) is 4.74 Å². The summed E-state index contributed by atoms with van der Waals surface area (Å²) in [5, 5.41) is 7.17. The number of hydrogen-bond donors (Lipinski definition) is 1. The molecule has 0 spiro atoms. The summed E-state index contributed by atoms with van der Waals surface area (Å²) in [6.07, 6.45) is 4.50. The Morgan fingerprint density at radius 2 is 2.30 bits per heavy atom. The minimum Gasteiger partial charge on any atom is -0.379 e. The molecular weight excluding hydrogens is 254 g/mol. The number of ether oxygens (including phenoxy) is 1. The van der Waals surface area contributed by atoms with Gasteiger partial charge < -0.3 is 10.1 Å². The van der Waals surface area contributed by atoms with Crippen molar-refractivity contribution in [2.24, 2.45) is 0 Å². The predicted molar refractivity (Wildman–Crippen MR) is 75.8 cm³/mol. The molecule has 3 rings (SSSR count). The van der Waals surface area contributed by atoms with Crippen molar-refractivity contribution in [3.05, 3.63) is 47.8 Å². The number of aryl methyl sites for hydroxylation is 1. The van der Waals surface area contributed by atoms with Crippen molar-refractivity contribution in [2.45, 2.75) is 19.4 Å². The second kappa shape index (κ2) is 5.46. The highest BCUT2D eigenvalue weighted by molar-refractivity contribution is 6.05. The Labute approximate surface area is 117 Å². The van der Waals surface area contributed by atoms with Crippen LogP contribution in [0.5, 0.6) is 0 Å². The van der Waals surface area contributed by atoms with Gasteiger partial charge in [0.15, 0.2) is 0 Å². The highest BCUT2D eigenvalue weighted by Gasteiger charge is 2.18. The quantitative estimate of drug-likeness (QED) is 0.932. The van der Waals surface area contributed by atoms with Gasteiger partial charge in [-0.2, -0.15) is 5.10 Å².